The molecule has 6 heteroatoms. The number of hydrogen-bond donors (Lipinski definition) is 0. The van der Waals surface area contributed by atoms with Gasteiger partial charge in [-0.05, 0) is 65.9 Å². The second kappa shape index (κ2) is 12.7. The number of carbonyl (C=O) groups is 1. The second-order valence-corrected chi connectivity index (χ2v) is 11.9. The van der Waals surface area contributed by atoms with E-state index in [4.69, 9.17) is 23.2 Å². The highest BCUT2D eigenvalue weighted by atomic mass is 35.5. The highest BCUT2D eigenvalue weighted by Gasteiger charge is 2.27. The number of carbonyl (C=O) groups excluding carboxylic acids is 1. The Bertz CT molecular complexity index is 1450. The molecule has 210 valence electrons. The van der Waals surface area contributed by atoms with Crippen LogP contribution >= 0.6 is 23.2 Å². The summed E-state index contributed by atoms with van der Waals surface area (Å²) in [5, 5.41) is 1.05. The molecule has 1 amide bonds. The molecule has 0 bridgehead atoms. The average Bonchev–Trinajstić information content (AvgIpc) is 3.02. The minimum atomic E-state index is 0.0886. The highest BCUT2D eigenvalue weighted by Crippen LogP contribution is 2.30. The van der Waals surface area contributed by atoms with E-state index in [0.29, 0.717) is 29.1 Å². The fraction of sp³-hybridized carbons (Fsp3) is 0.286. The minimum absolute atomic E-state index is 0.0886. The molecule has 0 aromatic heterocycles. The lowest BCUT2D eigenvalue weighted by atomic mass is 9.88. The number of nitrogens with zero attached hydrogens (tertiary/aromatic N) is 3. The summed E-state index contributed by atoms with van der Waals surface area (Å²) in [5.74, 6) is 0.486. The summed E-state index contributed by atoms with van der Waals surface area (Å²) < 4.78 is 0. The molecule has 0 radical (unpaired) electrons. The molecule has 6 rings (SSSR count). The number of halogens is 2. The number of fused-ring (bicyclic) bond motifs is 1. The Morgan fingerprint density at radius 1 is 0.707 bits per heavy atom. The van der Waals surface area contributed by atoms with Gasteiger partial charge in [-0.15, -0.1) is 0 Å². The van der Waals surface area contributed by atoms with Gasteiger partial charge in [-0.2, -0.15) is 0 Å². The zero-order chi connectivity index (χ0) is 28.2. The molecule has 0 spiro atoms. The van der Waals surface area contributed by atoms with E-state index in [1.54, 1.807) is 6.07 Å². The van der Waals surface area contributed by atoms with Gasteiger partial charge < -0.3 is 9.80 Å². The van der Waals surface area contributed by atoms with Crippen LogP contribution in [0.2, 0.25) is 10.0 Å². The first-order chi connectivity index (χ1) is 20.0. The summed E-state index contributed by atoms with van der Waals surface area (Å²) in [6, 6.07) is 33.8. The molecular weight excluding hydrogens is 549 g/mol. The quantitative estimate of drug-likeness (QED) is 0.214. The van der Waals surface area contributed by atoms with Crippen LogP contribution in [0.3, 0.4) is 0 Å². The topological polar surface area (TPSA) is 26.8 Å². The van der Waals surface area contributed by atoms with Crippen molar-refractivity contribution in [3.63, 3.8) is 0 Å². The van der Waals surface area contributed by atoms with Crippen molar-refractivity contribution >= 4 is 34.8 Å². The summed E-state index contributed by atoms with van der Waals surface area (Å²) in [6.07, 6.45) is 1.95. The monoisotopic (exact) mass is 583 g/mol. The van der Waals surface area contributed by atoms with Gasteiger partial charge in [0, 0.05) is 56.4 Å². The maximum Gasteiger partial charge on any atom is 0.254 e. The normalized spacial score (nSPS) is 15.8. The number of piperazine rings is 1. The summed E-state index contributed by atoms with van der Waals surface area (Å²) in [5.41, 5.74) is 6.85. The molecular formula is C35H35Cl2N3O. The Labute approximate surface area is 253 Å². The molecule has 0 aliphatic carbocycles. The van der Waals surface area contributed by atoms with Gasteiger partial charge in [0.15, 0.2) is 0 Å². The van der Waals surface area contributed by atoms with E-state index in [-0.39, 0.29) is 5.91 Å². The first-order valence-electron chi connectivity index (χ1n) is 14.5. The Balaban J connectivity index is 1.08. The zero-order valence-corrected chi connectivity index (χ0v) is 24.7. The minimum Gasteiger partial charge on any atom is -0.369 e. The molecule has 2 aliphatic heterocycles. The van der Waals surface area contributed by atoms with Gasteiger partial charge in [-0.3, -0.25) is 9.69 Å². The van der Waals surface area contributed by atoms with Crippen LogP contribution in [0, 0.1) is 0 Å². The van der Waals surface area contributed by atoms with Crippen LogP contribution in [-0.4, -0.2) is 55.0 Å². The number of hydrogen-bond acceptors (Lipinski definition) is 3. The van der Waals surface area contributed by atoms with Crippen LogP contribution in [0.4, 0.5) is 5.69 Å². The Hall–Kier alpha value is -3.31. The van der Waals surface area contributed by atoms with E-state index in [0.717, 1.165) is 67.9 Å². The van der Waals surface area contributed by atoms with Gasteiger partial charge in [0.2, 0.25) is 0 Å². The molecule has 0 atom stereocenters. The lowest BCUT2D eigenvalue weighted by molar-refractivity contribution is 0.0727. The van der Waals surface area contributed by atoms with Crippen molar-refractivity contribution in [2.24, 2.45) is 0 Å². The van der Waals surface area contributed by atoms with E-state index in [1.807, 2.05) is 17.0 Å². The number of benzene rings is 4. The van der Waals surface area contributed by atoms with Crippen molar-refractivity contribution in [2.45, 2.75) is 25.3 Å². The smallest absolute Gasteiger partial charge is 0.254 e. The fourth-order valence-corrected chi connectivity index (χ4v) is 6.47. The fourth-order valence-electron chi connectivity index (χ4n) is 6.15. The zero-order valence-electron chi connectivity index (χ0n) is 23.2. The van der Waals surface area contributed by atoms with Gasteiger partial charge >= 0.3 is 0 Å². The molecule has 4 aromatic carbocycles. The van der Waals surface area contributed by atoms with E-state index < -0.39 is 0 Å². The summed E-state index contributed by atoms with van der Waals surface area (Å²) in [4.78, 5) is 20.4. The maximum absolute atomic E-state index is 13.5. The Morgan fingerprint density at radius 2 is 1.39 bits per heavy atom. The summed E-state index contributed by atoms with van der Waals surface area (Å²) in [6.45, 7) is 6.26. The van der Waals surface area contributed by atoms with E-state index in [2.05, 4.69) is 88.7 Å². The molecule has 2 heterocycles. The van der Waals surface area contributed by atoms with Crippen molar-refractivity contribution in [2.75, 3.05) is 44.2 Å². The van der Waals surface area contributed by atoms with Crippen LogP contribution in [0.25, 0.3) is 0 Å². The van der Waals surface area contributed by atoms with Gasteiger partial charge in [-0.1, -0.05) is 96.0 Å². The molecule has 0 N–H and O–H groups in total. The average molecular weight is 585 g/mol. The lowest BCUT2D eigenvalue weighted by Crippen LogP contribution is -2.47. The van der Waals surface area contributed by atoms with Gasteiger partial charge in [0.05, 0.1) is 10.0 Å². The van der Waals surface area contributed by atoms with Crippen molar-refractivity contribution in [3.8, 4) is 0 Å². The van der Waals surface area contributed by atoms with Gasteiger partial charge in [0.25, 0.3) is 5.91 Å². The van der Waals surface area contributed by atoms with Crippen molar-refractivity contribution < 1.29 is 4.79 Å². The predicted octanol–water partition coefficient (Wildman–Crippen LogP) is 7.54. The number of amides is 1. The molecule has 1 fully saturated rings. The van der Waals surface area contributed by atoms with E-state index in [9.17, 15) is 4.79 Å². The molecule has 0 saturated carbocycles. The van der Waals surface area contributed by atoms with Gasteiger partial charge in [-0.25, -0.2) is 0 Å². The predicted molar refractivity (Wildman–Crippen MR) is 169 cm³/mol. The maximum atomic E-state index is 13.5. The van der Waals surface area contributed by atoms with E-state index in [1.165, 1.54) is 11.1 Å². The third-order valence-corrected chi connectivity index (χ3v) is 9.23. The number of anilines is 1. The van der Waals surface area contributed by atoms with Crippen molar-refractivity contribution in [1.29, 1.82) is 0 Å². The van der Waals surface area contributed by atoms with Gasteiger partial charge in [0.1, 0.15) is 0 Å². The SMILES string of the molecule is O=C1c2cc(N3CCN(CCC(c4ccccc4)c4ccccc4)CC3)ccc2CCN1Cc1ccc(Cl)c(Cl)c1. The lowest BCUT2D eigenvalue weighted by Gasteiger charge is -2.37. The second-order valence-electron chi connectivity index (χ2n) is 11.1. The molecule has 0 unspecified atom stereocenters. The standard InChI is InChI=1S/C35H35Cl2N3O/c36-33-14-11-26(23-34(33)37)25-40-18-15-29-12-13-30(24-32(29)35(40)41)39-21-19-38(20-22-39)17-16-31(27-7-3-1-4-8-27)28-9-5-2-6-10-28/h1-14,23-24,31H,15-22,25H2. The largest absolute Gasteiger partial charge is 0.369 e. The first-order valence-corrected chi connectivity index (χ1v) is 15.2. The van der Waals surface area contributed by atoms with Crippen LogP contribution in [-0.2, 0) is 13.0 Å². The van der Waals surface area contributed by atoms with Crippen LogP contribution in [0.1, 0.15) is 45.0 Å². The van der Waals surface area contributed by atoms with Crippen LogP contribution in [0.5, 0.6) is 0 Å². The molecule has 2 aliphatic rings. The summed E-state index contributed by atoms with van der Waals surface area (Å²) >= 11 is 12.3. The molecule has 4 nitrogen and oxygen atoms in total. The van der Waals surface area contributed by atoms with Crippen molar-refractivity contribution in [1.82, 2.24) is 9.80 Å². The molecule has 4 aromatic rings. The van der Waals surface area contributed by atoms with Crippen LogP contribution in [0.15, 0.2) is 97.1 Å². The molecule has 41 heavy (non-hydrogen) atoms. The van der Waals surface area contributed by atoms with Crippen molar-refractivity contribution in [3.05, 3.63) is 135 Å². The highest BCUT2D eigenvalue weighted by molar-refractivity contribution is 6.42. The Morgan fingerprint density at radius 3 is 2.05 bits per heavy atom. The third-order valence-electron chi connectivity index (χ3n) is 8.49. The Kier molecular flexibility index (Phi) is 8.62. The number of rotatable bonds is 8. The van der Waals surface area contributed by atoms with E-state index >= 15 is 0 Å². The molecule has 1 saturated heterocycles. The third kappa shape index (κ3) is 6.46. The van der Waals surface area contributed by atoms with Crippen LogP contribution < -0.4 is 4.90 Å². The summed E-state index contributed by atoms with van der Waals surface area (Å²) in [7, 11) is 0. The first kappa shape index (κ1) is 27.8.